The number of halogens is 2. The lowest BCUT2D eigenvalue weighted by atomic mass is 10.2. The fourth-order valence-electron chi connectivity index (χ4n) is 1.83. The van der Waals surface area contributed by atoms with Crippen LogP contribution in [-0.2, 0) is 4.79 Å². The second-order valence-corrected chi connectivity index (χ2v) is 5.51. The number of aryl methyl sites for hydroxylation is 1. The van der Waals surface area contributed by atoms with E-state index in [2.05, 4.69) is 10.6 Å². The van der Waals surface area contributed by atoms with Crippen molar-refractivity contribution < 1.29 is 4.79 Å². The average molecular weight is 334 g/mol. The van der Waals surface area contributed by atoms with Gasteiger partial charge >= 0.3 is 0 Å². The Labute approximate surface area is 138 Å². The van der Waals surface area contributed by atoms with Crippen molar-refractivity contribution >= 4 is 40.5 Å². The molecule has 0 saturated heterocycles. The minimum absolute atomic E-state index is 0.0698. The number of nitrogens with zero attached hydrogens (tertiary/aromatic N) is 1. The third-order valence-electron chi connectivity index (χ3n) is 2.94. The summed E-state index contributed by atoms with van der Waals surface area (Å²) in [4.78, 5) is 11.9. The SMILES string of the molecule is Cc1ccc(NCC(=O)Nc2ccc(C#N)c(Cl)c2)c(Cl)c1. The van der Waals surface area contributed by atoms with E-state index >= 15 is 0 Å². The van der Waals surface area contributed by atoms with Gasteiger partial charge in [-0.25, -0.2) is 0 Å². The van der Waals surface area contributed by atoms with Crippen molar-refractivity contribution in [1.82, 2.24) is 0 Å². The molecule has 0 bridgehead atoms. The summed E-state index contributed by atoms with van der Waals surface area (Å²) in [7, 11) is 0. The average Bonchev–Trinajstić information content (AvgIpc) is 2.46. The van der Waals surface area contributed by atoms with E-state index in [4.69, 9.17) is 28.5 Å². The molecule has 112 valence electrons. The van der Waals surface area contributed by atoms with Gasteiger partial charge in [-0.2, -0.15) is 5.26 Å². The molecule has 22 heavy (non-hydrogen) atoms. The highest BCUT2D eigenvalue weighted by Gasteiger charge is 2.06. The fourth-order valence-corrected chi connectivity index (χ4v) is 2.35. The van der Waals surface area contributed by atoms with Crippen LogP contribution < -0.4 is 10.6 Å². The van der Waals surface area contributed by atoms with Gasteiger partial charge in [0, 0.05) is 5.69 Å². The topological polar surface area (TPSA) is 64.9 Å². The molecule has 1 amide bonds. The molecule has 0 aromatic heterocycles. The summed E-state index contributed by atoms with van der Waals surface area (Å²) in [5.74, 6) is -0.239. The van der Waals surface area contributed by atoms with Gasteiger partial charge in [0.25, 0.3) is 0 Å². The summed E-state index contributed by atoms with van der Waals surface area (Å²) in [6.45, 7) is 2.01. The first-order valence-corrected chi connectivity index (χ1v) is 7.24. The summed E-state index contributed by atoms with van der Waals surface area (Å²) in [6.07, 6.45) is 0. The van der Waals surface area contributed by atoms with Crippen molar-refractivity contribution in [3.05, 3.63) is 57.6 Å². The molecule has 0 spiro atoms. The van der Waals surface area contributed by atoms with Gasteiger partial charge in [-0.3, -0.25) is 4.79 Å². The summed E-state index contributed by atoms with van der Waals surface area (Å²) in [5.41, 5.74) is 2.64. The van der Waals surface area contributed by atoms with E-state index in [1.54, 1.807) is 12.1 Å². The molecular formula is C16H13Cl2N3O. The Kier molecular flexibility index (Phi) is 5.26. The Morgan fingerprint density at radius 3 is 2.59 bits per heavy atom. The number of anilines is 2. The zero-order valence-corrected chi connectivity index (χ0v) is 13.3. The number of hydrogen-bond donors (Lipinski definition) is 2. The van der Waals surface area contributed by atoms with Crippen molar-refractivity contribution in [3.63, 3.8) is 0 Å². The summed E-state index contributed by atoms with van der Waals surface area (Å²) >= 11 is 12.0. The van der Waals surface area contributed by atoms with Crippen LogP contribution in [0.1, 0.15) is 11.1 Å². The first-order chi connectivity index (χ1) is 10.5. The maximum Gasteiger partial charge on any atom is 0.243 e. The van der Waals surface area contributed by atoms with Gasteiger partial charge in [-0.15, -0.1) is 0 Å². The Morgan fingerprint density at radius 1 is 1.18 bits per heavy atom. The number of rotatable bonds is 4. The Morgan fingerprint density at radius 2 is 1.95 bits per heavy atom. The van der Waals surface area contributed by atoms with Crippen LogP contribution in [0.5, 0.6) is 0 Å². The summed E-state index contributed by atoms with van der Waals surface area (Å²) in [5, 5.41) is 15.3. The third kappa shape index (κ3) is 4.14. The highest BCUT2D eigenvalue weighted by Crippen LogP contribution is 2.23. The summed E-state index contributed by atoms with van der Waals surface area (Å²) in [6, 6.07) is 12.2. The van der Waals surface area contributed by atoms with Crippen molar-refractivity contribution in [1.29, 1.82) is 5.26 Å². The standard InChI is InChI=1S/C16H13Cl2N3O/c1-10-2-5-15(14(18)6-10)20-9-16(22)21-12-4-3-11(8-19)13(17)7-12/h2-7,20H,9H2,1H3,(H,21,22). The first kappa shape index (κ1) is 16.2. The molecule has 0 radical (unpaired) electrons. The minimum atomic E-state index is -0.239. The Bertz CT molecular complexity index is 754. The van der Waals surface area contributed by atoms with Gasteiger partial charge in [-0.1, -0.05) is 29.3 Å². The lowest BCUT2D eigenvalue weighted by Crippen LogP contribution is -2.21. The molecule has 0 fully saturated rings. The second-order valence-electron chi connectivity index (χ2n) is 4.69. The van der Waals surface area contributed by atoms with Crippen molar-refractivity contribution in [3.8, 4) is 6.07 Å². The zero-order valence-electron chi connectivity index (χ0n) is 11.8. The molecule has 0 saturated carbocycles. The third-order valence-corrected chi connectivity index (χ3v) is 3.56. The predicted molar refractivity (Wildman–Crippen MR) is 89.5 cm³/mol. The number of nitriles is 1. The smallest absolute Gasteiger partial charge is 0.243 e. The molecule has 0 aliphatic heterocycles. The minimum Gasteiger partial charge on any atom is -0.375 e. The Hall–Kier alpha value is -2.22. The molecule has 0 aliphatic rings. The first-order valence-electron chi connectivity index (χ1n) is 6.49. The lowest BCUT2D eigenvalue weighted by Gasteiger charge is -2.10. The molecule has 2 N–H and O–H groups in total. The maximum absolute atomic E-state index is 11.9. The molecule has 0 heterocycles. The molecule has 4 nitrogen and oxygen atoms in total. The number of benzene rings is 2. The van der Waals surface area contributed by atoms with Gasteiger partial charge in [-0.05, 0) is 42.8 Å². The number of hydrogen-bond acceptors (Lipinski definition) is 3. The molecule has 2 aromatic carbocycles. The van der Waals surface area contributed by atoms with Crippen LogP contribution >= 0.6 is 23.2 Å². The molecular weight excluding hydrogens is 321 g/mol. The maximum atomic E-state index is 11.9. The quantitative estimate of drug-likeness (QED) is 0.880. The monoisotopic (exact) mass is 333 g/mol. The van der Waals surface area contributed by atoms with Crippen LogP contribution in [0.4, 0.5) is 11.4 Å². The Balaban J connectivity index is 1.96. The van der Waals surface area contributed by atoms with E-state index < -0.39 is 0 Å². The van der Waals surface area contributed by atoms with Gasteiger partial charge in [0.05, 0.1) is 27.8 Å². The van der Waals surface area contributed by atoms with Crippen LogP contribution in [-0.4, -0.2) is 12.5 Å². The van der Waals surface area contributed by atoms with E-state index in [1.165, 1.54) is 6.07 Å². The zero-order chi connectivity index (χ0) is 16.1. The fraction of sp³-hybridized carbons (Fsp3) is 0.125. The molecule has 0 aliphatic carbocycles. The van der Waals surface area contributed by atoms with E-state index in [0.717, 1.165) is 5.56 Å². The van der Waals surface area contributed by atoms with Crippen LogP contribution in [0.25, 0.3) is 0 Å². The van der Waals surface area contributed by atoms with Crippen LogP contribution in [0.15, 0.2) is 36.4 Å². The molecule has 2 rings (SSSR count). The number of carbonyl (C=O) groups is 1. The van der Waals surface area contributed by atoms with Gasteiger partial charge in [0.15, 0.2) is 0 Å². The van der Waals surface area contributed by atoms with E-state index in [1.807, 2.05) is 31.2 Å². The largest absolute Gasteiger partial charge is 0.375 e. The second kappa shape index (κ2) is 7.17. The molecule has 0 atom stereocenters. The van der Waals surface area contributed by atoms with Crippen molar-refractivity contribution in [2.75, 3.05) is 17.2 Å². The van der Waals surface area contributed by atoms with Crippen LogP contribution in [0.3, 0.4) is 0 Å². The van der Waals surface area contributed by atoms with Crippen LogP contribution in [0, 0.1) is 18.3 Å². The number of nitrogens with one attached hydrogen (secondary N) is 2. The molecule has 2 aromatic rings. The van der Waals surface area contributed by atoms with E-state index in [-0.39, 0.29) is 12.5 Å². The van der Waals surface area contributed by atoms with Gasteiger partial charge in [0.1, 0.15) is 6.07 Å². The van der Waals surface area contributed by atoms with E-state index in [9.17, 15) is 4.79 Å². The van der Waals surface area contributed by atoms with Gasteiger partial charge in [0.2, 0.25) is 5.91 Å². The van der Waals surface area contributed by atoms with Gasteiger partial charge < -0.3 is 10.6 Å². The summed E-state index contributed by atoms with van der Waals surface area (Å²) < 4.78 is 0. The molecule has 0 unspecified atom stereocenters. The highest BCUT2D eigenvalue weighted by molar-refractivity contribution is 6.33. The predicted octanol–water partition coefficient (Wildman–Crippen LogP) is 4.22. The lowest BCUT2D eigenvalue weighted by molar-refractivity contribution is -0.114. The molecule has 6 heteroatoms. The highest BCUT2D eigenvalue weighted by atomic mass is 35.5. The van der Waals surface area contributed by atoms with Crippen molar-refractivity contribution in [2.45, 2.75) is 6.92 Å². The van der Waals surface area contributed by atoms with Crippen molar-refractivity contribution in [2.24, 2.45) is 0 Å². The normalized spacial score (nSPS) is 9.91. The number of carbonyl (C=O) groups excluding carboxylic acids is 1. The van der Waals surface area contributed by atoms with E-state index in [0.29, 0.717) is 27.0 Å². The number of amides is 1. The van der Waals surface area contributed by atoms with Crippen LogP contribution in [0.2, 0.25) is 10.0 Å².